The van der Waals surface area contributed by atoms with E-state index in [2.05, 4.69) is 49.0 Å². The smallest absolute Gasteiger partial charge is 0.238 e. The number of aryl methyl sites for hydroxylation is 1. The van der Waals surface area contributed by atoms with Gasteiger partial charge in [0.25, 0.3) is 0 Å². The minimum absolute atomic E-state index is 0.0454. The van der Waals surface area contributed by atoms with E-state index in [1.807, 2.05) is 19.1 Å². The lowest BCUT2D eigenvalue weighted by molar-refractivity contribution is -0.118. The van der Waals surface area contributed by atoms with E-state index in [4.69, 9.17) is 0 Å². The zero-order valence-electron chi connectivity index (χ0n) is 11.9. The molecule has 1 unspecified atom stereocenters. The first-order valence-electron chi connectivity index (χ1n) is 6.97. The molecule has 0 radical (unpaired) electrons. The second-order valence-electron chi connectivity index (χ2n) is 5.47. The average molecular weight is 404 g/mol. The molecule has 1 amide bonds. The number of piperidine rings is 1. The van der Waals surface area contributed by atoms with Crippen molar-refractivity contribution in [2.75, 3.05) is 18.4 Å². The van der Waals surface area contributed by atoms with Crippen molar-refractivity contribution in [3.63, 3.8) is 0 Å². The van der Waals surface area contributed by atoms with Crippen molar-refractivity contribution in [3.8, 4) is 0 Å². The Morgan fingerprint density at radius 3 is 2.60 bits per heavy atom. The molecule has 1 N–H and O–H groups in total. The molecule has 1 heterocycles. The zero-order valence-corrected chi connectivity index (χ0v) is 15.1. The minimum Gasteiger partial charge on any atom is -0.323 e. The van der Waals surface area contributed by atoms with Crippen molar-refractivity contribution >= 4 is 43.5 Å². The van der Waals surface area contributed by atoms with Crippen LogP contribution >= 0.6 is 31.9 Å². The van der Waals surface area contributed by atoms with E-state index < -0.39 is 0 Å². The summed E-state index contributed by atoms with van der Waals surface area (Å²) in [5, 5.41) is 3.00. The van der Waals surface area contributed by atoms with Gasteiger partial charge in [0, 0.05) is 15.0 Å². The maximum Gasteiger partial charge on any atom is 0.238 e. The van der Waals surface area contributed by atoms with Crippen LogP contribution in [0, 0.1) is 6.92 Å². The summed E-state index contributed by atoms with van der Waals surface area (Å²) in [7, 11) is 0. The Morgan fingerprint density at radius 2 is 2.00 bits per heavy atom. The third-order valence-electron chi connectivity index (χ3n) is 3.74. The summed E-state index contributed by atoms with van der Waals surface area (Å²) in [5.74, 6) is 0.0454. The monoisotopic (exact) mass is 402 g/mol. The first kappa shape index (κ1) is 16.0. The number of amides is 1. The molecule has 1 aromatic carbocycles. The van der Waals surface area contributed by atoms with E-state index in [0.29, 0.717) is 12.6 Å². The summed E-state index contributed by atoms with van der Waals surface area (Å²) in [5.41, 5.74) is 1.96. The molecule has 110 valence electrons. The molecule has 1 fully saturated rings. The molecule has 5 heteroatoms. The van der Waals surface area contributed by atoms with Crippen LogP contribution in [-0.2, 0) is 4.79 Å². The van der Waals surface area contributed by atoms with Crippen LogP contribution in [0.25, 0.3) is 0 Å². The van der Waals surface area contributed by atoms with Gasteiger partial charge in [-0.15, -0.1) is 0 Å². The molecule has 0 bridgehead atoms. The number of benzene rings is 1. The molecular weight excluding hydrogens is 384 g/mol. The van der Waals surface area contributed by atoms with Crippen molar-refractivity contribution < 1.29 is 4.79 Å². The number of nitrogens with zero attached hydrogens (tertiary/aromatic N) is 1. The van der Waals surface area contributed by atoms with E-state index in [1.54, 1.807) is 0 Å². The number of nitrogens with one attached hydrogen (secondary N) is 1. The summed E-state index contributed by atoms with van der Waals surface area (Å²) >= 11 is 7.01. The van der Waals surface area contributed by atoms with Crippen LogP contribution in [0.2, 0.25) is 0 Å². The van der Waals surface area contributed by atoms with Gasteiger partial charge in [-0.1, -0.05) is 6.42 Å². The van der Waals surface area contributed by atoms with Crippen LogP contribution < -0.4 is 5.32 Å². The number of halogens is 2. The molecule has 0 aliphatic carbocycles. The topological polar surface area (TPSA) is 32.3 Å². The molecule has 1 saturated heterocycles. The van der Waals surface area contributed by atoms with E-state index in [1.165, 1.54) is 19.3 Å². The molecule has 1 aliphatic heterocycles. The lowest BCUT2D eigenvalue weighted by Crippen LogP contribution is -2.42. The molecular formula is C15H20Br2N2O. The van der Waals surface area contributed by atoms with E-state index >= 15 is 0 Å². The Labute approximate surface area is 137 Å². The number of hydrogen-bond donors (Lipinski definition) is 1. The molecule has 3 nitrogen and oxygen atoms in total. The van der Waals surface area contributed by atoms with Crippen molar-refractivity contribution in [1.29, 1.82) is 0 Å². The summed E-state index contributed by atoms with van der Waals surface area (Å²) in [6.07, 6.45) is 3.65. The molecule has 2 rings (SSSR count). The van der Waals surface area contributed by atoms with Crippen molar-refractivity contribution in [2.24, 2.45) is 0 Å². The molecule has 0 spiro atoms. The Bertz CT molecular complexity index is 482. The third-order valence-corrected chi connectivity index (χ3v) is 4.99. The fourth-order valence-corrected chi connectivity index (χ4v) is 4.19. The van der Waals surface area contributed by atoms with Crippen LogP contribution in [-0.4, -0.2) is 29.9 Å². The number of hydrogen-bond acceptors (Lipinski definition) is 2. The highest BCUT2D eigenvalue weighted by molar-refractivity contribution is 9.11. The van der Waals surface area contributed by atoms with Gasteiger partial charge < -0.3 is 5.32 Å². The van der Waals surface area contributed by atoms with Gasteiger partial charge >= 0.3 is 0 Å². The Kier molecular flexibility index (Phi) is 5.64. The van der Waals surface area contributed by atoms with Gasteiger partial charge in [-0.05, 0) is 82.8 Å². The fraction of sp³-hybridized carbons (Fsp3) is 0.533. The van der Waals surface area contributed by atoms with Gasteiger partial charge in [-0.2, -0.15) is 0 Å². The number of carbonyl (C=O) groups excluding carboxylic acids is 1. The van der Waals surface area contributed by atoms with Gasteiger partial charge in [0.1, 0.15) is 0 Å². The SMILES string of the molecule is Cc1cc(Br)c(NC(=O)CN2CCCCC2C)c(Br)c1. The maximum atomic E-state index is 12.2. The van der Waals surface area contributed by atoms with E-state index in [9.17, 15) is 4.79 Å². The molecule has 1 aromatic rings. The van der Waals surface area contributed by atoms with Crippen LogP contribution in [0.15, 0.2) is 21.1 Å². The Morgan fingerprint density at radius 1 is 1.35 bits per heavy atom. The number of anilines is 1. The van der Waals surface area contributed by atoms with Gasteiger partial charge in [0.15, 0.2) is 0 Å². The molecule has 0 aromatic heterocycles. The highest BCUT2D eigenvalue weighted by Gasteiger charge is 2.21. The summed E-state index contributed by atoms with van der Waals surface area (Å²) in [4.78, 5) is 14.5. The van der Waals surface area contributed by atoms with Crippen LogP contribution in [0.1, 0.15) is 31.7 Å². The first-order valence-corrected chi connectivity index (χ1v) is 8.55. The second kappa shape index (κ2) is 7.05. The molecule has 0 saturated carbocycles. The lowest BCUT2D eigenvalue weighted by atomic mass is 10.0. The highest BCUT2D eigenvalue weighted by atomic mass is 79.9. The summed E-state index contributed by atoms with van der Waals surface area (Å²) in [6, 6.07) is 4.51. The van der Waals surface area contributed by atoms with E-state index in [0.717, 1.165) is 26.7 Å². The molecule has 1 atom stereocenters. The summed E-state index contributed by atoms with van der Waals surface area (Å²) in [6.45, 7) is 5.71. The van der Waals surface area contributed by atoms with Gasteiger partial charge in [0.05, 0.1) is 12.2 Å². The standard InChI is InChI=1S/C15H20Br2N2O/c1-10-7-12(16)15(13(17)8-10)18-14(20)9-19-6-4-3-5-11(19)2/h7-8,11H,3-6,9H2,1-2H3,(H,18,20). The van der Waals surface area contributed by atoms with Crippen LogP contribution in [0.4, 0.5) is 5.69 Å². The fourth-order valence-electron chi connectivity index (χ4n) is 2.58. The normalized spacial score (nSPS) is 19.9. The number of rotatable bonds is 3. The Balaban J connectivity index is 2.01. The second-order valence-corrected chi connectivity index (χ2v) is 7.18. The molecule has 1 aliphatic rings. The van der Waals surface area contributed by atoms with Crippen LogP contribution in [0.5, 0.6) is 0 Å². The quantitative estimate of drug-likeness (QED) is 0.814. The number of likely N-dealkylation sites (tertiary alicyclic amines) is 1. The maximum absolute atomic E-state index is 12.2. The van der Waals surface area contributed by atoms with Crippen LogP contribution in [0.3, 0.4) is 0 Å². The lowest BCUT2D eigenvalue weighted by Gasteiger charge is -2.32. The van der Waals surface area contributed by atoms with Crippen molar-refractivity contribution in [1.82, 2.24) is 4.90 Å². The van der Waals surface area contributed by atoms with Gasteiger partial charge in [-0.25, -0.2) is 0 Å². The molecule has 20 heavy (non-hydrogen) atoms. The highest BCUT2D eigenvalue weighted by Crippen LogP contribution is 2.32. The number of carbonyl (C=O) groups is 1. The zero-order chi connectivity index (χ0) is 14.7. The predicted molar refractivity (Wildman–Crippen MR) is 90.1 cm³/mol. The van der Waals surface area contributed by atoms with E-state index in [-0.39, 0.29) is 5.91 Å². The third kappa shape index (κ3) is 4.06. The predicted octanol–water partition coefficient (Wildman–Crippen LogP) is 4.33. The first-order chi connectivity index (χ1) is 9.47. The Hall–Kier alpha value is -0.390. The minimum atomic E-state index is 0.0454. The van der Waals surface area contributed by atoms with Gasteiger partial charge in [0.2, 0.25) is 5.91 Å². The van der Waals surface area contributed by atoms with Gasteiger partial charge in [-0.3, -0.25) is 9.69 Å². The van der Waals surface area contributed by atoms with Crippen molar-refractivity contribution in [2.45, 2.75) is 39.2 Å². The largest absolute Gasteiger partial charge is 0.323 e. The van der Waals surface area contributed by atoms with Crippen molar-refractivity contribution in [3.05, 3.63) is 26.6 Å². The average Bonchev–Trinajstić information content (AvgIpc) is 2.36. The summed E-state index contributed by atoms with van der Waals surface area (Å²) < 4.78 is 1.81.